The van der Waals surface area contributed by atoms with Crippen LogP contribution in [0.2, 0.25) is 0 Å². The summed E-state index contributed by atoms with van der Waals surface area (Å²) >= 11 is 1.87. The minimum atomic E-state index is 0.310. The molecule has 1 atom stereocenters. The SMILES string of the molecule is C1=CC(Nc2cccc3c2sc2ccccc23)CC=C1c1ccc2ccccc2c1. The van der Waals surface area contributed by atoms with Gasteiger partial charge in [-0.2, -0.15) is 0 Å². The van der Waals surface area contributed by atoms with Gasteiger partial charge in [0.1, 0.15) is 0 Å². The Hall–Kier alpha value is -3.36. The number of thiophene rings is 1. The number of rotatable bonds is 3. The van der Waals surface area contributed by atoms with Gasteiger partial charge in [-0.05, 0) is 46.5 Å². The summed E-state index contributed by atoms with van der Waals surface area (Å²) in [6, 6.07) is 30.8. The van der Waals surface area contributed by atoms with Crippen molar-refractivity contribution in [2.45, 2.75) is 12.5 Å². The fourth-order valence-electron chi connectivity index (χ4n) is 4.37. The van der Waals surface area contributed by atoms with E-state index in [9.17, 15) is 0 Å². The van der Waals surface area contributed by atoms with Gasteiger partial charge in [0.25, 0.3) is 0 Å². The van der Waals surface area contributed by atoms with Crippen molar-refractivity contribution in [3.05, 3.63) is 109 Å². The molecular formula is C28H21NS. The second-order valence-electron chi connectivity index (χ2n) is 7.85. The van der Waals surface area contributed by atoms with E-state index in [1.54, 1.807) is 0 Å². The lowest BCUT2D eigenvalue weighted by Gasteiger charge is -2.20. The third kappa shape index (κ3) is 3.01. The first kappa shape index (κ1) is 17.5. The van der Waals surface area contributed by atoms with Crippen LogP contribution in [0.1, 0.15) is 12.0 Å². The van der Waals surface area contributed by atoms with Gasteiger partial charge in [0.05, 0.1) is 10.4 Å². The van der Waals surface area contributed by atoms with Crippen LogP contribution in [-0.2, 0) is 0 Å². The standard InChI is InChI=1S/C28H21NS/c1-2-7-21-18-22(13-12-19(21)6-1)20-14-16-23(17-15-20)29-26-10-5-9-25-24-8-3-4-11-27(24)30-28(25)26/h1-16,18,23,29H,17H2. The molecule has 144 valence electrons. The van der Waals surface area contributed by atoms with Crippen LogP contribution in [-0.4, -0.2) is 6.04 Å². The fourth-order valence-corrected chi connectivity index (χ4v) is 5.55. The van der Waals surface area contributed by atoms with E-state index in [1.807, 2.05) is 11.3 Å². The van der Waals surface area contributed by atoms with Gasteiger partial charge in [-0.25, -0.2) is 0 Å². The first-order chi connectivity index (χ1) is 14.8. The summed E-state index contributed by atoms with van der Waals surface area (Å²) in [5, 5.41) is 9.03. The van der Waals surface area contributed by atoms with Crippen molar-refractivity contribution in [2.24, 2.45) is 0 Å². The van der Waals surface area contributed by atoms with Crippen LogP contribution in [0.15, 0.2) is 103 Å². The lowest BCUT2D eigenvalue weighted by molar-refractivity contribution is 0.888. The molecular weight excluding hydrogens is 382 g/mol. The molecule has 4 aromatic carbocycles. The Morgan fingerprint density at radius 2 is 1.60 bits per heavy atom. The predicted octanol–water partition coefficient (Wildman–Crippen LogP) is 8.03. The first-order valence-corrected chi connectivity index (χ1v) is 11.2. The van der Waals surface area contributed by atoms with Gasteiger partial charge >= 0.3 is 0 Å². The largest absolute Gasteiger partial charge is 0.377 e. The van der Waals surface area contributed by atoms with Gasteiger partial charge in [-0.15, -0.1) is 11.3 Å². The third-order valence-corrected chi connectivity index (χ3v) is 7.15. The summed E-state index contributed by atoms with van der Waals surface area (Å²) in [7, 11) is 0. The Bertz CT molecular complexity index is 1450. The van der Waals surface area contributed by atoms with Crippen LogP contribution in [0.3, 0.4) is 0 Å². The number of anilines is 1. The van der Waals surface area contributed by atoms with Gasteiger partial charge in [0, 0.05) is 21.5 Å². The molecule has 0 aliphatic heterocycles. The zero-order chi connectivity index (χ0) is 19.9. The second-order valence-corrected chi connectivity index (χ2v) is 8.90. The molecule has 5 aromatic rings. The van der Waals surface area contributed by atoms with Crippen LogP contribution in [0.5, 0.6) is 0 Å². The number of allylic oxidation sites excluding steroid dienone is 2. The van der Waals surface area contributed by atoms with Crippen molar-refractivity contribution in [1.29, 1.82) is 0 Å². The number of hydrogen-bond acceptors (Lipinski definition) is 2. The van der Waals surface area contributed by atoms with E-state index in [2.05, 4.69) is 108 Å². The molecule has 0 bridgehead atoms. The molecule has 0 radical (unpaired) electrons. The van der Waals surface area contributed by atoms with Crippen molar-refractivity contribution in [3.8, 4) is 0 Å². The molecule has 0 fully saturated rings. The second kappa shape index (κ2) is 7.16. The van der Waals surface area contributed by atoms with E-state index < -0.39 is 0 Å². The van der Waals surface area contributed by atoms with Crippen molar-refractivity contribution < 1.29 is 0 Å². The van der Waals surface area contributed by atoms with Gasteiger partial charge in [0.15, 0.2) is 0 Å². The Kier molecular flexibility index (Phi) is 4.17. The molecule has 0 spiro atoms. The van der Waals surface area contributed by atoms with Crippen LogP contribution in [0, 0.1) is 0 Å². The zero-order valence-electron chi connectivity index (χ0n) is 16.5. The molecule has 0 saturated carbocycles. The van der Waals surface area contributed by atoms with E-state index in [-0.39, 0.29) is 0 Å². The molecule has 1 aliphatic rings. The number of fused-ring (bicyclic) bond motifs is 4. The third-order valence-electron chi connectivity index (χ3n) is 5.93. The molecule has 0 amide bonds. The van der Waals surface area contributed by atoms with Crippen LogP contribution in [0.4, 0.5) is 5.69 Å². The molecule has 6 rings (SSSR count). The van der Waals surface area contributed by atoms with Crippen molar-refractivity contribution in [3.63, 3.8) is 0 Å². The summed E-state index contributed by atoms with van der Waals surface area (Å²) in [4.78, 5) is 0. The highest BCUT2D eigenvalue weighted by molar-refractivity contribution is 7.26. The van der Waals surface area contributed by atoms with Crippen LogP contribution < -0.4 is 5.32 Å². The molecule has 1 N–H and O–H groups in total. The van der Waals surface area contributed by atoms with E-state index in [1.165, 1.54) is 47.8 Å². The summed E-state index contributed by atoms with van der Waals surface area (Å²) in [5.74, 6) is 0. The summed E-state index contributed by atoms with van der Waals surface area (Å²) < 4.78 is 2.69. The quantitative estimate of drug-likeness (QED) is 0.321. The van der Waals surface area contributed by atoms with Gasteiger partial charge in [-0.3, -0.25) is 0 Å². The fraction of sp³-hybridized carbons (Fsp3) is 0.0714. The molecule has 1 heterocycles. The Labute approximate surface area is 180 Å². The predicted molar refractivity (Wildman–Crippen MR) is 132 cm³/mol. The number of benzene rings is 4. The lowest BCUT2D eigenvalue weighted by Crippen LogP contribution is -2.17. The van der Waals surface area contributed by atoms with Crippen LogP contribution in [0.25, 0.3) is 36.5 Å². The molecule has 1 aliphatic carbocycles. The Balaban J connectivity index is 1.27. The maximum Gasteiger partial charge on any atom is 0.0587 e. The molecule has 1 aromatic heterocycles. The number of hydrogen-bond donors (Lipinski definition) is 1. The first-order valence-electron chi connectivity index (χ1n) is 10.4. The average Bonchev–Trinajstić information content (AvgIpc) is 3.19. The van der Waals surface area contributed by atoms with E-state index in [4.69, 9.17) is 0 Å². The van der Waals surface area contributed by atoms with Crippen LogP contribution >= 0.6 is 11.3 Å². The summed E-state index contributed by atoms with van der Waals surface area (Å²) in [6.45, 7) is 0. The topological polar surface area (TPSA) is 12.0 Å². The summed E-state index contributed by atoms with van der Waals surface area (Å²) in [5.41, 5.74) is 3.82. The Morgan fingerprint density at radius 1 is 0.767 bits per heavy atom. The molecule has 2 heteroatoms. The van der Waals surface area contributed by atoms with E-state index >= 15 is 0 Å². The van der Waals surface area contributed by atoms with E-state index in [0.717, 1.165) is 6.42 Å². The minimum Gasteiger partial charge on any atom is -0.377 e. The van der Waals surface area contributed by atoms with E-state index in [0.29, 0.717) is 6.04 Å². The number of nitrogens with one attached hydrogen (secondary N) is 1. The summed E-state index contributed by atoms with van der Waals surface area (Å²) in [6.07, 6.45) is 7.90. The molecule has 0 saturated heterocycles. The maximum absolute atomic E-state index is 3.77. The lowest BCUT2D eigenvalue weighted by atomic mass is 9.95. The monoisotopic (exact) mass is 403 g/mol. The molecule has 1 unspecified atom stereocenters. The normalized spacial score (nSPS) is 16.3. The highest BCUT2D eigenvalue weighted by atomic mass is 32.1. The zero-order valence-corrected chi connectivity index (χ0v) is 17.3. The van der Waals surface area contributed by atoms with Crippen molar-refractivity contribution in [1.82, 2.24) is 0 Å². The minimum absolute atomic E-state index is 0.310. The smallest absolute Gasteiger partial charge is 0.0587 e. The van der Waals surface area contributed by atoms with Crippen molar-refractivity contribution >= 4 is 53.5 Å². The average molecular weight is 404 g/mol. The Morgan fingerprint density at radius 3 is 2.50 bits per heavy atom. The maximum atomic E-state index is 3.77. The van der Waals surface area contributed by atoms with Gasteiger partial charge < -0.3 is 5.32 Å². The molecule has 1 nitrogen and oxygen atoms in total. The van der Waals surface area contributed by atoms with Crippen molar-refractivity contribution in [2.75, 3.05) is 5.32 Å². The highest BCUT2D eigenvalue weighted by Crippen LogP contribution is 2.38. The van der Waals surface area contributed by atoms with Gasteiger partial charge in [0.2, 0.25) is 0 Å². The van der Waals surface area contributed by atoms with Gasteiger partial charge in [-0.1, -0.05) is 85.0 Å². The molecule has 30 heavy (non-hydrogen) atoms. The highest BCUT2D eigenvalue weighted by Gasteiger charge is 2.13.